The summed E-state index contributed by atoms with van der Waals surface area (Å²) in [6.07, 6.45) is 0. The number of benzene rings is 8. The van der Waals surface area contributed by atoms with Gasteiger partial charge in [-0.05, 0) is 68.6 Å². The maximum absolute atomic E-state index is 7.10. The Balaban J connectivity index is 1.29. The molecule has 0 aliphatic rings. The lowest BCUT2D eigenvalue weighted by Crippen LogP contribution is -1.91. The molecular weight excluding hydrogens is 617 g/mol. The van der Waals surface area contributed by atoms with E-state index in [0.29, 0.717) is 0 Å². The van der Waals surface area contributed by atoms with E-state index in [1.807, 2.05) is 23.5 Å². The lowest BCUT2D eigenvalue weighted by Gasteiger charge is -2.18. The summed E-state index contributed by atoms with van der Waals surface area (Å²) < 4.78 is 16.1. The van der Waals surface area contributed by atoms with Gasteiger partial charge in [0.2, 0.25) is 0 Å². The monoisotopic (exact) mass is 642 g/mol. The summed E-state index contributed by atoms with van der Waals surface area (Å²) in [5.74, 6) is 0.872. The van der Waals surface area contributed by atoms with Gasteiger partial charge in [-0.25, -0.2) is 0 Å². The predicted molar refractivity (Wildman–Crippen MR) is 208 cm³/mol. The zero-order valence-corrected chi connectivity index (χ0v) is 27.1. The SMILES string of the molecule is c1ccc(-c2c(-c3c4ccccc4c(-c4cccc5sc6ccccc6c45)c4ccccc34)oc3cc4c(cc23)oc2ccccc24)cc1. The lowest BCUT2D eigenvalue weighted by molar-refractivity contribution is 0.633. The fourth-order valence-corrected chi connectivity index (χ4v) is 9.16. The third-order valence-electron chi connectivity index (χ3n) is 10.1. The average Bonchev–Trinajstić information content (AvgIpc) is 3.84. The minimum absolute atomic E-state index is 0.847. The topological polar surface area (TPSA) is 26.3 Å². The second-order valence-electron chi connectivity index (χ2n) is 12.7. The van der Waals surface area contributed by atoms with Crippen molar-refractivity contribution < 1.29 is 8.83 Å². The molecule has 0 aliphatic heterocycles. The van der Waals surface area contributed by atoms with Crippen molar-refractivity contribution >= 4 is 86.0 Å². The number of para-hydroxylation sites is 1. The molecule has 3 heteroatoms. The van der Waals surface area contributed by atoms with Crippen LogP contribution in [0.25, 0.3) is 108 Å². The van der Waals surface area contributed by atoms with Gasteiger partial charge in [-0.2, -0.15) is 0 Å². The molecule has 0 radical (unpaired) electrons. The van der Waals surface area contributed by atoms with Gasteiger partial charge in [0.05, 0.1) is 0 Å². The molecule has 0 spiro atoms. The van der Waals surface area contributed by atoms with Gasteiger partial charge >= 0.3 is 0 Å². The summed E-state index contributed by atoms with van der Waals surface area (Å²) in [6.45, 7) is 0. The maximum atomic E-state index is 7.10. The minimum Gasteiger partial charge on any atom is -0.456 e. The van der Waals surface area contributed by atoms with Crippen molar-refractivity contribution in [1.82, 2.24) is 0 Å². The molecule has 228 valence electrons. The number of hydrogen-bond donors (Lipinski definition) is 0. The summed E-state index contributed by atoms with van der Waals surface area (Å²) >= 11 is 1.86. The molecular formula is C46H26O2S. The molecule has 11 rings (SSSR count). The zero-order valence-electron chi connectivity index (χ0n) is 26.2. The highest BCUT2D eigenvalue weighted by Crippen LogP contribution is 2.51. The first kappa shape index (κ1) is 26.9. The summed E-state index contributed by atoms with van der Waals surface area (Å²) in [4.78, 5) is 0. The molecule has 0 amide bonds. The normalized spacial score (nSPS) is 12.1. The van der Waals surface area contributed by atoms with Crippen molar-refractivity contribution in [3.8, 4) is 33.6 Å². The fraction of sp³-hybridized carbons (Fsp3) is 0. The highest BCUT2D eigenvalue weighted by molar-refractivity contribution is 7.25. The highest BCUT2D eigenvalue weighted by atomic mass is 32.1. The number of rotatable bonds is 3. The zero-order chi connectivity index (χ0) is 32.1. The molecule has 0 saturated carbocycles. The fourth-order valence-electron chi connectivity index (χ4n) is 8.03. The summed E-state index contributed by atoms with van der Waals surface area (Å²) in [6, 6.07) is 56.4. The van der Waals surface area contributed by atoms with Crippen molar-refractivity contribution in [3.63, 3.8) is 0 Å². The Morgan fingerprint density at radius 3 is 1.67 bits per heavy atom. The smallest absolute Gasteiger partial charge is 0.144 e. The first-order chi connectivity index (χ1) is 24.3. The van der Waals surface area contributed by atoms with E-state index in [9.17, 15) is 0 Å². The van der Waals surface area contributed by atoms with Gasteiger partial charge in [-0.3, -0.25) is 0 Å². The van der Waals surface area contributed by atoms with E-state index in [1.165, 1.54) is 42.1 Å². The summed E-state index contributed by atoms with van der Waals surface area (Å²) in [5.41, 5.74) is 8.39. The van der Waals surface area contributed by atoms with E-state index in [0.717, 1.165) is 66.1 Å². The van der Waals surface area contributed by atoms with Gasteiger partial charge in [0.1, 0.15) is 22.5 Å². The molecule has 11 aromatic rings. The molecule has 2 nitrogen and oxygen atoms in total. The highest BCUT2D eigenvalue weighted by Gasteiger charge is 2.26. The van der Waals surface area contributed by atoms with E-state index in [2.05, 4.69) is 146 Å². The van der Waals surface area contributed by atoms with Crippen LogP contribution >= 0.6 is 11.3 Å². The van der Waals surface area contributed by atoms with Gasteiger partial charge in [-0.1, -0.05) is 127 Å². The second-order valence-corrected chi connectivity index (χ2v) is 13.8. The summed E-state index contributed by atoms with van der Waals surface area (Å²) in [5, 5.41) is 10.6. The van der Waals surface area contributed by atoms with Crippen LogP contribution in [-0.4, -0.2) is 0 Å². The van der Waals surface area contributed by atoms with E-state index in [4.69, 9.17) is 8.83 Å². The minimum atomic E-state index is 0.847. The Bertz CT molecular complexity index is 3050. The largest absolute Gasteiger partial charge is 0.456 e. The quantitative estimate of drug-likeness (QED) is 0.179. The molecule has 8 aromatic carbocycles. The molecule has 0 bridgehead atoms. The Labute approximate surface area is 285 Å². The first-order valence-electron chi connectivity index (χ1n) is 16.6. The molecule has 0 unspecified atom stereocenters. The average molecular weight is 643 g/mol. The maximum Gasteiger partial charge on any atom is 0.144 e. The molecule has 0 aliphatic carbocycles. The Morgan fingerprint density at radius 1 is 0.347 bits per heavy atom. The number of hydrogen-bond acceptors (Lipinski definition) is 3. The van der Waals surface area contributed by atoms with Crippen molar-refractivity contribution in [3.05, 3.63) is 158 Å². The predicted octanol–water partition coefficient (Wildman–Crippen LogP) is 14.0. The van der Waals surface area contributed by atoms with Crippen LogP contribution in [0, 0.1) is 0 Å². The molecule has 3 heterocycles. The van der Waals surface area contributed by atoms with Crippen LogP contribution in [0.1, 0.15) is 0 Å². The molecule has 0 atom stereocenters. The van der Waals surface area contributed by atoms with Crippen molar-refractivity contribution in [2.75, 3.05) is 0 Å². The van der Waals surface area contributed by atoms with E-state index >= 15 is 0 Å². The van der Waals surface area contributed by atoms with E-state index < -0.39 is 0 Å². The van der Waals surface area contributed by atoms with Gasteiger partial charge in [0, 0.05) is 47.5 Å². The van der Waals surface area contributed by atoms with Crippen molar-refractivity contribution in [2.45, 2.75) is 0 Å². The van der Waals surface area contributed by atoms with Gasteiger partial charge < -0.3 is 8.83 Å². The second kappa shape index (κ2) is 10.2. The number of furan rings is 2. The molecule has 49 heavy (non-hydrogen) atoms. The standard InChI is InChI=1S/C46H26O2S/c1-2-13-27(14-3-1)42-36-26-38-35(28-15-8-10-22-37(28)47-38)25-39(36)48-46(42)45-31-18-6-4-16-29(31)43(30-17-5-7-19-32(30)45)34-21-12-24-41-44(34)33-20-9-11-23-40(33)49-41/h1-26H. The molecule has 0 fully saturated rings. The third-order valence-corrected chi connectivity index (χ3v) is 11.2. The van der Waals surface area contributed by atoms with Crippen LogP contribution in [0.5, 0.6) is 0 Å². The van der Waals surface area contributed by atoms with Crippen molar-refractivity contribution in [2.24, 2.45) is 0 Å². The number of thiophene rings is 1. The Hall–Kier alpha value is -6.16. The van der Waals surface area contributed by atoms with Crippen LogP contribution in [0.4, 0.5) is 0 Å². The number of fused-ring (bicyclic) bond motifs is 9. The third kappa shape index (κ3) is 3.82. The van der Waals surface area contributed by atoms with Crippen LogP contribution in [-0.2, 0) is 0 Å². The van der Waals surface area contributed by atoms with E-state index in [-0.39, 0.29) is 0 Å². The molecule has 0 saturated heterocycles. The molecule has 3 aromatic heterocycles. The van der Waals surface area contributed by atoms with Gasteiger partial charge in [-0.15, -0.1) is 11.3 Å². The van der Waals surface area contributed by atoms with Gasteiger partial charge in [0.25, 0.3) is 0 Å². The van der Waals surface area contributed by atoms with Crippen LogP contribution in [0.15, 0.2) is 167 Å². The lowest BCUT2D eigenvalue weighted by atomic mass is 9.85. The Kier molecular flexibility index (Phi) is 5.57. The summed E-state index contributed by atoms with van der Waals surface area (Å²) in [7, 11) is 0. The van der Waals surface area contributed by atoms with Crippen LogP contribution in [0.2, 0.25) is 0 Å². The van der Waals surface area contributed by atoms with E-state index in [1.54, 1.807) is 0 Å². The Morgan fingerprint density at radius 2 is 0.918 bits per heavy atom. The van der Waals surface area contributed by atoms with Gasteiger partial charge in [0.15, 0.2) is 0 Å². The van der Waals surface area contributed by atoms with Crippen LogP contribution < -0.4 is 0 Å². The molecule has 0 N–H and O–H groups in total. The van der Waals surface area contributed by atoms with Crippen molar-refractivity contribution in [1.29, 1.82) is 0 Å². The first-order valence-corrected chi connectivity index (χ1v) is 17.4. The van der Waals surface area contributed by atoms with Crippen LogP contribution in [0.3, 0.4) is 0 Å².